The summed E-state index contributed by atoms with van der Waals surface area (Å²) >= 11 is 0. The lowest BCUT2D eigenvalue weighted by Gasteiger charge is -2.39. The van der Waals surface area contributed by atoms with Gasteiger partial charge in [-0.1, -0.05) is 26.0 Å². The molecule has 0 radical (unpaired) electrons. The van der Waals surface area contributed by atoms with E-state index in [0.29, 0.717) is 18.8 Å². The molecule has 0 aliphatic carbocycles. The van der Waals surface area contributed by atoms with E-state index in [1.54, 1.807) is 23.3 Å². The number of aliphatic carboxylic acids is 1. The summed E-state index contributed by atoms with van der Waals surface area (Å²) in [5, 5.41) is 9.61. The van der Waals surface area contributed by atoms with Gasteiger partial charge in [0.15, 0.2) is 0 Å². The van der Waals surface area contributed by atoms with Gasteiger partial charge in [-0.3, -0.25) is 4.90 Å². The molecule has 0 atom stereocenters. The smallest absolute Gasteiger partial charge is 0.330 e. The predicted molar refractivity (Wildman–Crippen MR) is 77.5 cm³/mol. The SMILES string of the molecule is CC(C)/C=C/CN1CCC(C(=O)O)(n2ccnc2)CC1. The Kier molecular flexibility index (Phi) is 4.60. The largest absolute Gasteiger partial charge is 0.479 e. The number of hydrogen-bond acceptors (Lipinski definition) is 3. The topological polar surface area (TPSA) is 58.4 Å². The van der Waals surface area contributed by atoms with Gasteiger partial charge in [0, 0.05) is 32.0 Å². The zero-order chi connectivity index (χ0) is 14.6. The Balaban J connectivity index is 1.99. The fourth-order valence-corrected chi connectivity index (χ4v) is 2.68. The average molecular weight is 277 g/mol. The van der Waals surface area contributed by atoms with Gasteiger partial charge in [0.25, 0.3) is 0 Å². The maximum atomic E-state index is 11.7. The molecular formula is C15H23N3O2. The summed E-state index contributed by atoms with van der Waals surface area (Å²) in [5.74, 6) is -0.197. The lowest BCUT2D eigenvalue weighted by Crippen LogP contribution is -2.50. The maximum absolute atomic E-state index is 11.7. The van der Waals surface area contributed by atoms with E-state index in [9.17, 15) is 9.90 Å². The van der Waals surface area contributed by atoms with Gasteiger partial charge >= 0.3 is 5.97 Å². The molecule has 1 aliphatic rings. The summed E-state index contributed by atoms with van der Waals surface area (Å²) in [6.45, 7) is 6.81. The number of imidazole rings is 1. The minimum Gasteiger partial charge on any atom is -0.479 e. The maximum Gasteiger partial charge on any atom is 0.330 e. The molecule has 2 rings (SSSR count). The van der Waals surface area contributed by atoms with E-state index in [-0.39, 0.29) is 0 Å². The normalized spacial score (nSPS) is 19.8. The first-order valence-electron chi connectivity index (χ1n) is 7.15. The van der Waals surface area contributed by atoms with Crippen LogP contribution in [0.2, 0.25) is 0 Å². The molecule has 5 nitrogen and oxygen atoms in total. The van der Waals surface area contributed by atoms with Gasteiger partial charge in [0.2, 0.25) is 0 Å². The fraction of sp³-hybridized carbons (Fsp3) is 0.600. The summed E-state index contributed by atoms with van der Waals surface area (Å²) in [7, 11) is 0. The summed E-state index contributed by atoms with van der Waals surface area (Å²) in [5.41, 5.74) is -0.825. The van der Waals surface area contributed by atoms with Crippen LogP contribution < -0.4 is 0 Å². The van der Waals surface area contributed by atoms with Crippen LogP contribution in [0.3, 0.4) is 0 Å². The molecule has 1 aromatic rings. The lowest BCUT2D eigenvalue weighted by molar-refractivity contribution is -0.150. The third kappa shape index (κ3) is 3.10. The summed E-state index contributed by atoms with van der Waals surface area (Å²) in [6, 6.07) is 0. The van der Waals surface area contributed by atoms with Crippen molar-refractivity contribution in [3.05, 3.63) is 30.9 Å². The number of aromatic nitrogens is 2. The summed E-state index contributed by atoms with van der Waals surface area (Å²) in [4.78, 5) is 18.0. The third-order valence-electron chi connectivity index (χ3n) is 3.96. The van der Waals surface area contributed by atoms with Crippen LogP contribution in [0, 0.1) is 5.92 Å². The van der Waals surface area contributed by atoms with Crippen molar-refractivity contribution in [2.24, 2.45) is 5.92 Å². The van der Waals surface area contributed by atoms with Crippen molar-refractivity contribution in [1.82, 2.24) is 14.5 Å². The molecule has 1 aromatic heterocycles. The van der Waals surface area contributed by atoms with Crippen molar-refractivity contribution < 1.29 is 9.90 Å². The van der Waals surface area contributed by atoms with Crippen molar-refractivity contribution in [3.8, 4) is 0 Å². The Labute approximate surface area is 119 Å². The Morgan fingerprint density at radius 2 is 2.15 bits per heavy atom. The zero-order valence-electron chi connectivity index (χ0n) is 12.2. The molecule has 1 aliphatic heterocycles. The molecule has 0 bridgehead atoms. The number of piperidine rings is 1. The van der Waals surface area contributed by atoms with E-state index < -0.39 is 11.5 Å². The van der Waals surface area contributed by atoms with E-state index in [4.69, 9.17) is 0 Å². The Bertz CT molecular complexity index is 457. The lowest BCUT2D eigenvalue weighted by atomic mass is 9.87. The Hall–Kier alpha value is -1.62. The number of carbonyl (C=O) groups is 1. The fourth-order valence-electron chi connectivity index (χ4n) is 2.68. The molecule has 0 aromatic carbocycles. The molecular weight excluding hydrogens is 254 g/mol. The number of allylic oxidation sites excluding steroid dienone is 1. The number of carboxylic acids is 1. The Morgan fingerprint density at radius 3 is 2.65 bits per heavy atom. The first-order chi connectivity index (χ1) is 9.54. The standard InChI is InChI=1S/C15H23N3O2/c1-13(2)4-3-8-17-9-5-15(6-10-17,14(19)20)18-11-7-16-12-18/h3-4,7,11-13H,5-6,8-10H2,1-2H3,(H,19,20)/b4-3+. The van der Waals surface area contributed by atoms with Crippen LogP contribution in [-0.4, -0.2) is 45.2 Å². The van der Waals surface area contributed by atoms with Gasteiger partial charge in [-0.15, -0.1) is 0 Å². The molecule has 0 saturated carbocycles. The van der Waals surface area contributed by atoms with E-state index >= 15 is 0 Å². The first-order valence-corrected chi connectivity index (χ1v) is 7.15. The summed E-state index contributed by atoms with van der Waals surface area (Å²) < 4.78 is 1.75. The molecule has 2 heterocycles. The van der Waals surface area contributed by atoms with Crippen LogP contribution in [0.4, 0.5) is 0 Å². The van der Waals surface area contributed by atoms with Crippen LogP contribution >= 0.6 is 0 Å². The number of rotatable bonds is 5. The van der Waals surface area contributed by atoms with Crippen molar-refractivity contribution >= 4 is 5.97 Å². The van der Waals surface area contributed by atoms with Gasteiger partial charge in [-0.05, 0) is 18.8 Å². The Morgan fingerprint density at radius 1 is 1.45 bits per heavy atom. The minimum absolute atomic E-state index is 0.559. The van der Waals surface area contributed by atoms with Gasteiger partial charge in [-0.2, -0.15) is 0 Å². The molecule has 0 unspecified atom stereocenters. The molecule has 1 fully saturated rings. The number of nitrogens with zero attached hydrogens (tertiary/aromatic N) is 3. The van der Waals surface area contributed by atoms with E-state index in [1.165, 1.54) is 0 Å². The molecule has 0 spiro atoms. The number of hydrogen-bond donors (Lipinski definition) is 1. The van der Waals surface area contributed by atoms with Crippen LogP contribution in [0.1, 0.15) is 26.7 Å². The number of likely N-dealkylation sites (tertiary alicyclic amines) is 1. The minimum atomic E-state index is -0.825. The highest BCUT2D eigenvalue weighted by molar-refractivity contribution is 5.77. The predicted octanol–water partition coefficient (Wildman–Crippen LogP) is 1.97. The molecule has 1 N–H and O–H groups in total. The van der Waals surface area contributed by atoms with Crippen molar-refractivity contribution in [2.45, 2.75) is 32.2 Å². The molecule has 0 amide bonds. The van der Waals surface area contributed by atoms with Gasteiger partial charge in [0.05, 0.1) is 6.33 Å². The first kappa shape index (κ1) is 14.8. The molecule has 20 heavy (non-hydrogen) atoms. The van der Waals surface area contributed by atoms with E-state index in [2.05, 4.69) is 35.9 Å². The molecule has 5 heteroatoms. The van der Waals surface area contributed by atoms with Crippen LogP contribution in [0.5, 0.6) is 0 Å². The van der Waals surface area contributed by atoms with Crippen LogP contribution in [-0.2, 0) is 10.3 Å². The average Bonchev–Trinajstić information content (AvgIpc) is 2.93. The van der Waals surface area contributed by atoms with E-state index in [0.717, 1.165) is 19.6 Å². The number of carboxylic acid groups (broad SMARTS) is 1. The molecule has 1 saturated heterocycles. The van der Waals surface area contributed by atoms with E-state index in [1.807, 2.05) is 0 Å². The van der Waals surface area contributed by atoms with Crippen LogP contribution in [0.15, 0.2) is 30.9 Å². The summed E-state index contributed by atoms with van der Waals surface area (Å²) in [6.07, 6.45) is 10.6. The second kappa shape index (κ2) is 6.22. The van der Waals surface area contributed by atoms with Gasteiger partial charge in [0.1, 0.15) is 5.54 Å². The second-order valence-electron chi connectivity index (χ2n) is 5.78. The van der Waals surface area contributed by atoms with Gasteiger partial charge in [-0.25, -0.2) is 9.78 Å². The highest BCUT2D eigenvalue weighted by Gasteiger charge is 2.42. The third-order valence-corrected chi connectivity index (χ3v) is 3.96. The van der Waals surface area contributed by atoms with Gasteiger partial charge < -0.3 is 9.67 Å². The quantitative estimate of drug-likeness (QED) is 0.836. The highest BCUT2D eigenvalue weighted by Crippen LogP contribution is 2.30. The zero-order valence-corrected chi connectivity index (χ0v) is 12.2. The highest BCUT2D eigenvalue weighted by atomic mass is 16.4. The van der Waals surface area contributed by atoms with Crippen molar-refractivity contribution in [1.29, 1.82) is 0 Å². The molecule has 110 valence electrons. The van der Waals surface area contributed by atoms with Crippen molar-refractivity contribution in [3.63, 3.8) is 0 Å². The van der Waals surface area contributed by atoms with Crippen molar-refractivity contribution in [2.75, 3.05) is 19.6 Å². The monoisotopic (exact) mass is 277 g/mol. The second-order valence-corrected chi connectivity index (χ2v) is 5.78. The van der Waals surface area contributed by atoms with Crippen LogP contribution in [0.25, 0.3) is 0 Å².